The Hall–Kier alpha value is -6.54. The van der Waals surface area contributed by atoms with Crippen LogP contribution in [0.25, 0.3) is 33.4 Å². The lowest BCUT2D eigenvalue weighted by Gasteiger charge is -2.35. The molecule has 0 saturated carbocycles. The summed E-state index contributed by atoms with van der Waals surface area (Å²) in [4.78, 5) is 29.7. The molecule has 53 heavy (non-hydrogen) atoms. The highest BCUT2D eigenvalue weighted by molar-refractivity contribution is 5.92. The van der Waals surface area contributed by atoms with Crippen molar-refractivity contribution in [3.63, 3.8) is 0 Å². The summed E-state index contributed by atoms with van der Waals surface area (Å²) in [6, 6.07) is 41.0. The number of carbonyl (C=O) groups excluding carboxylic acids is 2. The fraction of sp³-hybridized carbons (Fsp3) is 0.156. The van der Waals surface area contributed by atoms with Crippen LogP contribution in [-0.2, 0) is 14.6 Å². The molecular formula is C45H36NO7. The fourth-order valence-corrected chi connectivity index (χ4v) is 8.11. The number of hydrogen-bond acceptors (Lipinski definition) is 6. The number of benzene rings is 6. The predicted octanol–water partition coefficient (Wildman–Crippen LogP) is 10.4. The van der Waals surface area contributed by atoms with Gasteiger partial charge in [-0.15, -0.1) is 0 Å². The first-order valence-corrected chi connectivity index (χ1v) is 17.4. The van der Waals surface area contributed by atoms with E-state index < -0.39 is 24.1 Å². The van der Waals surface area contributed by atoms with Gasteiger partial charge in [0.1, 0.15) is 18.1 Å². The largest absolute Gasteiger partial charge is 0.497 e. The maximum absolute atomic E-state index is 14.6. The lowest BCUT2D eigenvalue weighted by atomic mass is 9.81. The Labute approximate surface area is 307 Å². The third-order valence-corrected chi connectivity index (χ3v) is 10.4. The zero-order chi connectivity index (χ0) is 36.6. The first-order valence-electron chi connectivity index (χ1n) is 17.4. The maximum Gasteiger partial charge on any atom is 0.419 e. The van der Waals surface area contributed by atoms with Gasteiger partial charge in [-0.25, -0.2) is 14.5 Å². The van der Waals surface area contributed by atoms with Crippen LogP contribution in [-0.4, -0.2) is 45.0 Å². The van der Waals surface area contributed by atoms with Crippen molar-refractivity contribution in [1.29, 1.82) is 0 Å². The summed E-state index contributed by atoms with van der Waals surface area (Å²) in [5, 5.41) is 12.4. The zero-order valence-electron chi connectivity index (χ0n) is 29.4. The molecule has 2 unspecified atom stereocenters. The molecule has 2 amide bonds. The van der Waals surface area contributed by atoms with E-state index in [-0.39, 0.29) is 18.3 Å². The summed E-state index contributed by atoms with van der Waals surface area (Å²) in [7, 11) is 4.45. The van der Waals surface area contributed by atoms with E-state index in [2.05, 4.69) is 12.1 Å². The number of imide groups is 1. The second kappa shape index (κ2) is 13.9. The Bertz CT molecular complexity index is 2310. The molecule has 6 aromatic rings. The van der Waals surface area contributed by atoms with E-state index in [1.54, 1.807) is 26.4 Å². The molecule has 8 nitrogen and oxygen atoms in total. The summed E-state index contributed by atoms with van der Waals surface area (Å²) in [6.45, 7) is -0.00128. The Kier molecular flexibility index (Phi) is 8.80. The molecule has 6 aromatic carbocycles. The molecule has 0 heterocycles. The number of amides is 2. The second-order valence-electron chi connectivity index (χ2n) is 13.1. The Morgan fingerprint density at radius 3 is 1.77 bits per heavy atom. The molecule has 0 saturated heterocycles. The number of fused-ring (bicyclic) bond motifs is 6. The van der Waals surface area contributed by atoms with Gasteiger partial charge in [0.15, 0.2) is 5.75 Å². The van der Waals surface area contributed by atoms with Crippen molar-refractivity contribution in [3.05, 3.63) is 161 Å². The van der Waals surface area contributed by atoms with Crippen molar-refractivity contribution in [2.45, 2.75) is 17.9 Å². The van der Waals surface area contributed by atoms with Crippen LogP contribution in [0, 0.1) is 0 Å². The van der Waals surface area contributed by atoms with Gasteiger partial charge in [-0.1, -0.05) is 103 Å². The van der Waals surface area contributed by atoms with Crippen LogP contribution in [0.3, 0.4) is 0 Å². The van der Waals surface area contributed by atoms with E-state index in [0.29, 0.717) is 17.1 Å². The van der Waals surface area contributed by atoms with E-state index in [4.69, 9.17) is 18.9 Å². The summed E-state index contributed by atoms with van der Waals surface area (Å²) in [5.74, 6) is 0.211. The van der Waals surface area contributed by atoms with Gasteiger partial charge in [0.2, 0.25) is 0 Å². The summed E-state index contributed by atoms with van der Waals surface area (Å²) >= 11 is 0. The number of rotatable bonds is 8. The molecule has 0 N–H and O–H groups in total. The van der Waals surface area contributed by atoms with Crippen LogP contribution in [0.1, 0.15) is 45.7 Å². The summed E-state index contributed by atoms with van der Waals surface area (Å²) < 4.78 is 22.9. The van der Waals surface area contributed by atoms with Crippen LogP contribution in [0.15, 0.2) is 133 Å². The highest BCUT2D eigenvalue weighted by atomic mass is 16.6. The monoisotopic (exact) mass is 702 g/mol. The minimum atomic E-state index is -0.980. The number of carbonyl (C=O) groups is 2. The smallest absolute Gasteiger partial charge is 0.419 e. The van der Waals surface area contributed by atoms with Crippen LogP contribution in [0.5, 0.6) is 17.2 Å². The SMILES string of the molecule is COC(=O)N(C(=O)OCC1c2ccccc2-c2ccccc21)C(c1ccc([O])cc1)C1c2ccccc2-c2cccc(-c3ccc(OC)cc3OC)c21. The van der Waals surface area contributed by atoms with Crippen molar-refractivity contribution in [2.24, 2.45) is 0 Å². The molecule has 0 aliphatic heterocycles. The van der Waals surface area contributed by atoms with Crippen LogP contribution < -0.4 is 9.47 Å². The predicted molar refractivity (Wildman–Crippen MR) is 201 cm³/mol. The molecular weight excluding hydrogens is 666 g/mol. The number of ether oxygens (including phenoxy) is 4. The van der Waals surface area contributed by atoms with Crippen molar-refractivity contribution in [1.82, 2.24) is 4.90 Å². The second-order valence-corrected chi connectivity index (χ2v) is 13.1. The van der Waals surface area contributed by atoms with Gasteiger partial charge in [0.05, 0.1) is 27.4 Å². The summed E-state index contributed by atoms with van der Waals surface area (Å²) in [5.41, 5.74) is 10.2. The van der Waals surface area contributed by atoms with E-state index in [9.17, 15) is 14.7 Å². The van der Waals surface area contributed by atoms with Crippen LogP contribution in [0.4, 0.5) is 9.59 Å². The van der Waals surface area contributed by atoms with Crippen LogP contribution >= 0.6 is 0 Å². The minimum absolute atomic E-state index is 0.00128. The first-order chi connectivity index (χ1) is 25.9. The molecule has 0 aromatic heterocycles. The van der Waals surface area contributed by atoms with E-state index >= 15 is 0 Å². The maximum atomic E-state index is 14.6. The Balaban J connectivity index is 1.27. The van der Waals surface area contributed by atoms with Gasteiger partial charge < -0.3 is 18.9 Å². The molecule has 8 heteroatoms. The topological polar surface area (TPSA) is 94.2 Å². The quantitative estimate of drug-likeness (QED) is 0.157. The third-order valence-electron chi connectivity index (χ3n) is 10.4. The molecule has 1 radical (unpaired) electrons. The molecule has 0 spiro atoms. The van der Waals surface area contributed by atoms with Gasteiger partial charge in [-0.3, -0.25) is 5.11 Å². The Morgan fingerprint density at radius 2 is 1.17 bits per heavy atom. The average Bonchev–Trinajstić information content (AvgIpc) is 3.71. The molecule has 2 atom stereocenters. The third kappa shape index (κ3) is 5.73. The molecule has 8 rings (SSSR count). The zero-order valence-corrected chi connectivity index (χ0v) is 29.4. The number of methoxy groups -OCH3 is 3. The fourth-order valence-electron chi connectivity index (χ4n) is 8.11. The lowest BCUT2D eigenvalue weighted by molar-refractivity contribution is 0.0673. The number of hydrogen-bond donors (Lipinski definition) is 0. The van der Waals surface area contributed by atoms with Gasteiger partial charge in [-0.2, -0.15) is 0 Å². The van der Waals surface area contributed by atoms with Gasteiger partial charge in [0.25, 0.3) is 0 Å². The molecule has 0 fully saturated rings. The van der Waals surface area contributed by atoms with Gasteiger partial charge in [-0.05, 0) is 79.9 Å². The standard InChI is InChI=1S/C45H36NO7/c1-50-29-23-24-35(40(25-29)51-2)38-18-10-17-36-34-15-8-9-16-37(34)42(41(36)38)43(27-19-21-28(47)22-20-27)46(44(48)52-3)45(49)53-26-39-32-13-6-4-11-30(32)31-12-5-7-14-33(31)39/h4-25,39,42-43H,26H2,1-3H3. The minimum Gasteiger partial charge on any atom is -0.497 e. The van der Waals surface area contributed by atoms with Crippen molar-refractivity contribution in [3.8, 4) is 50.6 Å². The molecule has 263 valence electrons. The van der Waals surface area contributed by atoms with E-state index in [1.807, 2.05) is 97.1 Å². The van der Waals surface area contributed by atoms with E-state index in [1.165, 1.54) is 19.2 Å². The van der Waals surface area contributed by atoms with Crippen molar-refractivity contribution < 1.29 is 33.6 Å². The lowest BCUT2D eigenvalue weighted by Crippen LogP contribution is -2.43. The first kappa shape index (κ1) is 33.6. The summed E-state index contributed by atoms with van der Waals surface area (Å²) in [6.07, 6.45) is -1.75. The highest BCUT2D eigenvalue weighted by Gasteiger charge is 2.45. The molecule has 2 aliphatic carbocycles. The van der Waals surface area contributed by atoms with Gasteiger partial charge >= 0.3 is 12.2 Å². The van der Waals surface area contributed by atoms with Crippen LogP contribution in [0.2, 0.25) is 0 Å². The molecule has 2 aliphatic rings. The molecule has 0 bridgehead atoms. The Morgan fingerprint density at radius 1 is 0.604 bits per heavy atom. The van der Waals surface area contributed by atoms with E-state index in [0.717, 1.165) is 60.5 Å². The van der Waals surface area contributed by atoms with Gasteiger partial charge in [0, 0.05) is 23.5 Å². The van der Waals surface area contributed by atoms with Crippen molar-refractivity contribution in [2.75, 3.05) is 27.9 Å². The average molecular weight is 703 g/mol. The number of nitrogens with zero attached hydrogens (tertiary/aromatic N) is 1. The van der Waals surface area contributed by atoms with Crippen molar-refractivity contribution >= 4 is 12.2 Å². The highest BCUT2D eigenvalue weighted by Crippen LogP contribution is 2.56. The normalized spacial score (nSPS) is 14.3.